The Morgan fingerprint density at radius 1 is 0.833 bits per heavy atom. The number of anilines is 2. The highest BCUT2D eigenvalue weighted by atomic mass is 19.1. The quantitative estimate of drug-likeness (QED) is 0.916. The summed E-state index contributed by atoms with van der Waals surface area (Å²) in [5.41, 5.74) is 2.91. The van der Waals surface area contributed by atoms with E-state index in [9.17, 15) is 4.39 Å². The maximum atomic E-state index is 12.7. The second-order valence-electron chi connectivity index (χ2n) is 6.06. The van der Waals surface area contributed by atoms with Crippen LogP contribution in [0.4, 0.5) is 15.8 Å². The predicted molar refractivity (Wildman–Crippen MR) is 101 cm³/mol. The largest absolute Gasteiger partial charge is 0.356 e. The van der Waals surface area contributed by atoms with E-state index in [1.165, 1.54) is 38.3 Å². The predicted octanol–water partition coefficient (Wildman–Crippen LogP) is 4.08. The third kappa shape index (κ3) is 6.14. The fraction of sp³-hybridized carbons (Fsp3) is 0.300. The van der Waals surface area contributed by atoms with E-state index in [1.807, 2.05) is 24.3 Å². The molecular weight excluding hydrogens is 301 g/mol. The summed E-state index contributed by atoms with van der Waals surface area (Å²) in [6, 6.07) is 14.1. The minimum absolute atomic E-state index is 0.229. The molecule has 0 aromatic heterocycles. The molecule has 2 aromatic carbocycles. The van der Waals surface area contributed by atoms with Crippen LogP contribution in [0.5, 0.6) is 0 Å². The summed E-state index contributed by atoms with van der Waals surface area (Å²) in [5.74, 6) is -0.229. The lowest BCUT2D eigenvalue weighted by Gasteiger charge is -2.28. The van der Waals surface area contributed by atoms with Crippen molar-refractivity contribution < 1.29 is 4.39 Å². The van der Waals surface area contributed by atoms with Crippen molar-refractivity contribution >= 4 is 17.5 Å². The molecule has 4 heteroatoms. The molecule has 0 aliphatic carbocycles. The number of hydrogen-bond donors (Lipinski definition) is 1. The Balaban J connectivity index is 0.000000219. The maximum Gasteiger partial charge on any atom is 0.123 e. The van der Waals surface area contributed by atoms with E-state index in [4.69, 9.17) is 0 Å². The van der Waals surface area contributed by atoms with E-state index >= 15 is 0 Å². The van der Waals surface area contributed by atoms with E-state index in [0.717, 1.165) is 16.9 Å². The van der Waals surface area contributed by atoms with Gasteiger partial charge >= 0.3 is 0 Å². The molecule has 0 unspecified atom stereocenters. The van der Waals surface area contributed by atoms with Crippen LogP contribution in [0.25, 0.3) is 6.08 Å². The number of nitrogens with one attached hydrogen (secondary N) is 1. The van der Waals surface area contributed by atoms with Gasteiger partial charge in [0.25, 0.3) is 0 Å². The molecular formula is C20H26FN3. The van der Waals surface area contributed by atoms with Gasteiger partial charge < -0.3 is 15.1 Å². The summed E-state index contributed by atoms with van der Waals surface area (Å²) >= 11 is 0. The third-order valence-corrected chi connectivity index (χ3v) is 4.01. The van der Waals surface area contributed by atoms with Crippen molar-refractivity contribution in [2.75, 3.05) is 45.6 Å². The van der Waals surface area contributed by atoms with Crippen molar-refractivity contribution in [2.45, 2.75) is 0 Å². The molecule has 24 heavy (non-hydrogen) atoms. The van der Waals surface area contributed by atoms with Gasteiger partial charge in [-0.05, 0) is 56.1 Å². The monoisotopic (exact) mass is 327 g/mol. The van der Waals surface area contributed by atoms with Crippen LogP contribution < -0.4 is 5.32 Å². The minimum atomic E-state index is -0.229. The van der Waals surface area contributed by atoms with Crippen molar-refractivity contribution in [1.29, 1.82) is 0 Å². The van der Waals surface area contributed by atoms with Gasteiger partial charge in [-0.2, -0.15) is 0 Å². The standard InChI is InChI=1S/C14H12FN.C6H14N2/c1-2-11-3-7-13(8-4-11)16-14-9-5-12(15)6-10-14;1-7-3-5-8(2)6-4-7/h2-10,16H,1H2;3-6H2,1-2H3. The van der Waals surface area contributed by atoms with Gasteiger partial charge in [0.05, 0.1) is 0 Å². The first-order valence-corrected chi connectivity index (χ1v) is 8.19. The third-order valence-electron chi connectivity index (χ3n) is 4.01. The Hall–Kier alpha value is -2.17. The van der Waals surface area contributed by atoms with Gasteiger partial charge in [0.15, 0.2) is 0 Å². The molecule has 0 radical (unpaired) electrons. The molecule has 1 aliphatic rings. The molecule has 1 saturated heterocycles. The lowest BCUT2D eigenvalue weighted by atomic mass is 10.2. The van der Waals surface area contributed by atoms with Crippen molar-refractivity contribution in [2.24, 2.45) is 0 Å². The summed E-state index contributed by atoms with van der Waals surface area (Å²) < 4.78 is 12.7. The smallest absolute Gasteiger partial charge is 0.123 e. The topological polar surface area (TPSA) is 18.5 Å². The molecule has 1 N–H and O–H groups in total. The maximum absolute atomic E-state index is 12.7. The Morgan fingerprint density at radius 3 is 1.67 bits per heavy atom. The lowest BCUT2D eigenvalue weighted by Crippen LogP contribution is -2.42. The SMILES string of the molecule is C=Cc1ccc(Nc2ccc(F)cc2)cc1.CN1CCN(C)CC1. The molecule has 1 heterocycles. The van der Waals surface area contributed by atoms with Gasteiger partial charge in [0.2, 0.25) is 0 Å². The van der Waals surface area contributed by atoms with Gasteiger partial charge in [-0.3, -0.25) is 0 Å². The summed E-state index contributed by atoms with van der Waals surface area (Å²) in [6.07, 6.45) is 1.79. The van der Waals surface area contributed by atoms with Crippen molar-refractivity contribution in [3.8, 4) is 0 Å². The number of nitrogens with zero attached hydrogens (tertiary/aromatic N) is 2. The number of hydrogen-bond acceptors (Lipinski definition) is 3. The molecule has 3 rings (SSSR count). The average Bonchev–Trinajstić information content (AvgIpc) is 2.61. The molecule has 0 saturated carbocycles. The van der Waals surface area contributed by atoms with E-state index < -0.39 is 0 Å². The van der Waals surface area contributed by atoms with Crippen LogP contribution in [0.1, 0.15) is 5.56 Å². The number of halogens is 1. The first kappa shape index (κ1) is 18.2. The second kappa shape index (κ2) is 9.21. The summed E-state index contributed by atoms with van der Waals surface area (Å²) in [4.78, 5) is 4.72. The van der Waals surface area contributed by atoms with E-state index in [-0.39, 0.29) is 5.82 Å². The van der Waals surface area contributed by atoms with Crippen LogP contribution in [0.2, 0.25) is 0 Å². The van der Waals surface area contributed by atoms with E-state index in [1.54, 1.807) is 18.2 Å². The molecule has 0 spiro atoms. The first-order valence-electron chi connectivity index (χ1n) is 8.19. The molecule has 1 aliphatic heterocycles. The van der Waals surface area contributed by atoms with Crippen LogP contribution in [-0.4, -0.2) is 50.1 Å². The van der Waals surface area contributed by atoms with Gasteiger partial charge in [-0.15, -0.1) is 0 Å². The minimum Gasteiger partial charge on any atom is -0.356 e. The molecule has 128 valence electrons. The van der Waals surface area contributed by atoms with E-state index in [0.29, 0.717) is 0 Å². The number of rotatable bonds is 3. The normalized spacial score (nSPS) is 15.3. The zero-order valence-electron chi connectivity index (χ0n) is 14.5. The molecule has 2 aromatic rings. The van der Waals surface area contributed by atoms with Crippen LogP contribution in [0.15, 0.2) is 55.1 Å². The van der Waals surface area contributed by atoms with Crippen molar-refractivity contribution in [3.05, 3.63) is 66.5 Å². The highest BCUT2D eigenvalue weighted by Gasteiger charge is 2.07. The van der Waals surface area contributed by atoms with Crippen molar-refractivity contribution in [1.82, 2.24) is 9.80 Å². The van der Waals surface area contributed by atoms with Crippen LogP contribution in [0.3, 0.4) is 0 Å². The Bertz CT molecular complexity index is 604. The van der Waals surface area contributed by atoms with Gasteiger partial charge in [-0.1, -0.05) is 24.8 Å². The zero-order valence-corrected chi connectivity index (χ0v) is 14.5. The Labute approximate surface area is 144 Å². The second-order valence-corrected chi connectivity index (χ2v) is 6.06. The molecule has 0 atom stereocenters. The molecule has 1 fully saturated rings. The fourth-order valence-electron chi connectivity index (χ4n) is 2.31. The first-order chi connectivity index (χ1) is 11.6. The Morgan fingerprint density at radius 2 is 1.25 bits per heavy atom. The van der Waals surface area contributed by atoms with Crippen LogP contribution in [-0.2, 0) is 0 Å². The highest BCUT2D eigenvalue weighted by molar-refractivity contribution is 5.61. The van der Waals surface area contributed by atoms with Gasteiger partial charge in [-0.25, -0.2) is 4.39 Å². The summed E-state index contributed by atoms with van der Waals surface area (Å²) in [7, 11) is 4.35. The Kier molecular flexibility index (Phi) is 6.97. The zero-order chi connectivity index (χ0) is 17.4. The van der Waals surface area contributed by atoms with E-state index in [2.05, 4.69) is 35.8 Å². The van der Waals surface area contributed by atoms with Gasteiger partial charge in [0, 0.05) is 37.6 Å². The molecule has 0 amide bonds. The van der Waals surface area contributed by atoms with Crippen LogP contribution >= 0.6 is 0 Å². The number of benzene rings is 2. The number of piperazine rings is 1. The lowest BCUT2D eigenvalue weighted by molar-refractivity contribution is 0.181. The van der Waals surface area contributed by atoms with Crippen LogP contribution in [0, 0.1) is 5.82 Å². The summed E-state index contributed by atoms with van der Waals surface area (Å²) in [5, 5.41) is 3.18. The summed E-state index contributed by atoms with van der Waals surface area (Å²) in [6.45, 7) is 8.62. The fourth-order valence-corrected chi connectivity index (χ4v) is 2.31. The number of likely N-dealkylation sites (N-methyl/N-ethyl adjacent to an activating group) is 2. The van der Waals surface area contributed by atoms with Crippen molar-refractivity contribution in [3.63, 3.8) is 0 Å². The average molecular weight is 327 g/mol. The molecule has 0 bridgehead atoms. The molecule has 3 nitrogen and oxygen atoms in total. The van der Waals surface area contributed by atoms with Gasteiger partial charge in [0.1, 0.15) is 5.82 Å². The highest BCUT2D eigenvalue weighted by Crippen LogP contribution is 2.17.